The molecule has 1 aromatic carbocycles. The molecule has 1 unspecified atom stereocenters. The van der Waals surface area contributed by atoms with Crippen molar-refractivity contribution >= 4 is 0 Å². The molecule has 0 aliphatic carbocycles. The minimum atomic E-state index is 0.399. The summed E-state index contributed by atoms with van der Waals surface area (Å²) >= 11 is 0. The quantitative estimate of drug-likeness (QED) is 0.258. The van der Waals surface area contributed by atoms with Crippen LogP contribution in [0.3, 0.4) is 0 Å². The van der Waals surface area contributed by atoms with Crippen LogP contribution in [-0.2, 0) is 0 Å². The second kappa shape index (κ2) is 16.5. The molecule has 1 atom stereocenters. The molecule has 0 N–H and O–H groups in total. The van der Waals surface area contributed by atoms with Crippen LogP contribution >= 0.6 is 0 Å². The zero-order valence-corrected chi connectivity index (χ0v) is 17.0. The number of unbranched alkanes of at least 4 members (excludes halogenated alkanes) is 11. The van der Waals surface area contributed by atoms with Gasteiger partial charge in [0.25, 0.3) is 0 Å². The Labute approximate surface area is 157 Å². The van der Waals surface area contributed by atoms with Crippen LogP contribution in [-0.4, -0.2) is 6.10 Å². The van der Waals surface area contributed by atoms with Crippen molar-refractivity contribution in [1.82, 2.24) is 0 Å². The average molecular weight is 347 g/mol. The van der Waals surface area contributed by atoms with Crippen LogP contribution < -0.4 is 4.74 Å². The molecule has 1 rings (SSSR count). The molecule has 0 heterocycles. The van der Waals surface area contributed by atoms with E-state index in [1.54, 1.807) is 0 Å². The number of benzene rings is 1. The Hall–Kier alpha value is -0.980. The number of ether oxygens (including phenoxy) is 1. The van der Waals surface area contributed by atoms with Crippen LogP contribution in [0.2, 0.25) is 0 Å². The van der Waals surface area contributed by atoms with Crippen LogP contribution in [0, 0.1) is 0 Å². The summed E-state index contributed by atoms with van der Waals surface area (Å²) in [6, 6.07) is 10.3. The van der Waals surface area contributed by atoms with E-state index in [0.29, 0.717) is 6.10 Å². The average Bonchev–Trinajstić information content (AvgIpc) is 2.63. The van der Waals surface area contributed by atoms with E-state index in [0.717, 1.165) is 5.75 Å². The van der Waals surface area contributed by atoms with Crippen LogP contribution in [0.25, 0.3) is 0 Å². The molecule has 0 aliphatic rings. The van der Waals surface area contributed by atoms with Crippen LogP contribution in [0.5, 0.6) is 5.75 Å². The van der Waals surface area contributed by atoms with Gasteiger partial charge in [0.1, 0.15) is 5.75 Å². The van der Waals surface area contributed by atoms with Gasteiger partial charge in [-0.05, 0) is 31.4 Å². The first-order valence-electron chi connectivity index (χ1n) is 11.1. The van der Waals surface area contributed by atoms with Crippen LogP contribution in [0.4, 0.5) is 0 Å². The van der Waals surface area contributed by atoms with Crippen molar-refractivity contribution in [3.8, 4) is 5.75 Å². The fourth-order valence-electron chi connectivity index (χ4n) is 3.49. The number of hydrogen-bond acceptors (Lipinski definition) is 1. The largest absolute Gasteiger partial charge is 0.490 e. The molecule has 0 amide bonds. The number of rotatable bonds is 17. The van der Waals surface area contributed by atoms with Crippen LogP contribution in [0.15, 0.2) is 30.3 Å². The van der Waals surface area contributed by atoms with E-state index in [-0.39, 0.29) is 0 Å². The normalized spacial score (nSPS) is 12.2. The molecule has 1 heteroatoms. The van der Waals surface area contributed by atoms with Gasteiger partial charge in [0.05, 0.1) is 6.10 Å². The summed E-state index contributed by atoms with van der Waals surface area (Å²) in [4.78, 5) is 0. The topological polar surface area (TPSA) is 9.23 Å². The van der Waals surface area contributed by atoms with Crippen molar-refractivity contribution in [3.05, 3.63) is 30.3 Å². The highest BCUT2D eigenvalue weighted by molar-refractivity contribution is 5.21. The maximum Gasteiger partial charge on any atom is 0.119 e. The predicted molar refractivity (Wildman–Crippen MR) is 111 cm³/mol. The molecular weight excluding hydrogens is 304 g/mol. The Morgan fingerprint density at radius 3 is 1.64 bits per heavy atom. The van der Waals surface area contributed by atoms with Crippen molar-refractivity contribution in [2.75, 3.05) is 0 Å². The SMILES string of the molecule is CCCCCCCCCCCCCCC(CCC)Oc1ccccc1. The fourth-order valence-corrected chi connectivity index (χ4v) is 3.49. The van der Waals surface area contributed by atoms with Crippen molar-refractivity contribution in [2.24, 2.45) is 0 Å². The van der Waals surface area contributed by atoms with Gasteiger partial charge in [-0.3, -0.25) is 0 Å². The minimum Gasteiger partial charge on any atom is -0.490 e. The van der Waals surface area contributed by atoms with Crippen LogP contribution in [0.1, 0.15) is 110 Å². The highest BCUT2D eigenvalue weighted by Gasteiger charge is 2.09. The van der Waals surface area contributed by atoms with Gasteiger partial charge in [-0.1, -0.05) is 109 Å². The first kappa shape index (κ1) is 22.1. The summed E-state index contributed by atoms with van der Waals surface area (Å²) < 4.78 is 6.15. The lowest BCUT2D eigenvalue weighted by atomic mass is 10.0. The Balaban J connectivity index is 1.96. The van der Waals surface area contributed by atoms with Crippen molar-refractivity contribution < 1.29 is 4.74 Å². The summed E-state index contributed by atoms with van der Waals surface area (Å²) in [6.45, 7) is 4.54. The van der Waals surface area contributed by atoms with Gasteiger partial charge < -0.3 is 4.74 Å². The predicted octanol–water partition coefficient (Wildman–Crippen LogP) is 8.33. The van der Waals surface area contributed by atoms with Gasteiger partial charge in [0.2, 0.25) is 0 Å². The molecule has 0 spiro atoms. The van der Waals surface area contributed by atoms with E-state index < -0.39 is 0 Å². The van der Waals surface area contributed by atoms with E-state index in [2.05, 4.69) is 38.1 Å². The minimum absolute atomic E-state index is 0.399. The first-order chi connectivity index (χ1) is 12.4. The molecule has 1 aromatic rings. The number of hydrogen-bond donors (Lipinski definition) is 0. The highest BCUT2D eigenvalue weighted by Crippen LogP contribution is 2.19. The summed E-state index contributed by atoms with van der Waals surface area (Å²) in [7, 11) is 0. The lowest BCUT2D eigenvalue weighted by Gasteiger charge is -2.18. The Bertz CT molecular complexity index is 373. The highest BCUT2D eigenvalue weighted by atomic mass is 16.5. The third-order valence-corrected chi connectivity index (χ3v) is 5.04. The molecule has 25 heavy (non-hydrogen) atoms. The lowest BCUT2D eigenvalue weighted by Crippen LogP contribution is -2.16. The van der Waals surface area contributed by atoms with Crippen molar-refractivity contribution in [1.29, 1.82) is 0 Å². The molecule has 1 nitrogen and oxygen atoms in total. The summed E-state index contributed by atoms with van der Waals surface area (Å²) in [5, 5.41) is 0. The zero-order chi connectivity index (χ0) is 18.0. The lowest BCUT2D eigenvalue weighted by molar-refractivity contribution is 0.175. The van der Waals surface area contributed by atoms with Gasteiger partial charge in [-0.15, -0.1) is 0 Å². The van der Waals surface area contributed by atoms with E-state index >= 15 is 0 Å². The molecule has 0 radical (unpaired) electrons. The van der Waals surface area contributed by atoms with Gasteiger partial charge in [0.15, 0.2) is 0 Å². The number of para-hydroxylation sites is 1. The Morgan fingerprint density at radius 1 is 0.600 bits per heavy atom. The molecule has 0 saturated heterocycles. The third-order valence-electron chi connectivity index (χ3n) is 5.04. The smallest absolute Gasteiger partial charge is 0.119 e. The molecule has 0 fully saturated rings. The van der Waals surface area contributed by atoms with E-state index in [1.165, 1.54) is 96.3 Å². The van der Waals surface area contributed by atoms with Crippen molar-refractivity contribution in [3.63, 3.8) is 0 Å². The molecule has 0 aromatic heterocycles. The monoisotopic (exact) mass is 346 g/mol. The van der Waals surface area contributed by atoms with Crippen molar-refractivity contribution in [2.45, 2.75) is 116 Å². The van der Waals surface area contributed by atoms with Gasteiger partial charge in [-0.25, -0.2) is 0 Å². The zero-order valence-electron chi connectivity index (χ0n) is 17.0. The summed E-state index contributed by atoms with van der Waals surface area (Å²) in [5.41, 5.74) is 0. The molecule has 144 valence electrons. The Kier molecular flexibility index (Phi) is 14.5. The Morgan fingerprint density at radius 2 is 1.12 bits per heavy atom. The van der Waals surface area contributed by atoms with Gasteiger partial charge in [-0.2, -0.15) is 0 Å². The molecule has 0 bridgehead atoms. The third kappa shape index (κ3) is 13.0. The maximum atomic E-state index is 6.15. The maximum absolute atomic E-state index is 6.15. The fraction of sp³-hybridized carbons (Fsp3) is 0.750. The summed E-state index contributed by atoms with van der Waals surface area (Å²) in [6.07, 6.45) is 21.0. The van der Waals surface area contributed by atoms with E-state index in [4.69, 9.17) is 4.74 Å². The molecular formula is C24H42O. The molecule has 0 aliphatic heterocycles. The summed E-state index contributed by atoms with van der Waals surface area (Å²) in [5.74, 6) is 1.03. The first-order valence-corrected chi connectivity index (χ1v) is 11.1. The van der Waals surface area contributed by atoms with Gasteiger partial charge in [0, 0.05) is 0 Å². The standard InChI is InChI=1S/C24H42O/c1-3-5-6-7-8-9-10-11-12-13-14-16-20-23(19-4-2)25-24-21-17-15-18-22-24/h15,17-18,21-23H,3-14,16,19-20H2,1-2H3. The van der Waals surface area contributed by atoms with E-state index in [1.807, 2.05) is 6.07 Å². The van der Waals surface area contributed by atoms with Gasteiger partial charge >= 0.3 is 0 Å². The van der Waals surface area contributed by atoms with E-state index in [9.17, 15) is 0 Å². The molecule has 0 saturated carbocycles. The second-order valence-electron chi connectivity index (χ2n) is 7.52. The second-order valence-corrected chi connectivity index (χ2v) is 7.52.